The van der Waals surface area contributed by atoms with Crippen molar-refractivity contribution in [2.75, 3.05) is 19.7 Å². The molecule has 0 fully saturated rings. The standard InChI is InChI=1S/C13H21NO3/c1-3-5-7-14(8-9-15)13(16)11-6-10-17-12(11)4-2/h6,10,15H,3-5,7-9H2,1-2H3. The highest BCUT2D eigenvalue weighted by Gasteiger charge is 2.19. The molecule has 0 unspecified atom stereocenters. The third kappa shape index (κ3) is 3.60. The number of furan rings is 1. The summed E-state index contributed by atoms with van der Waals surface area (Å²) in [6.07, 6.45) is 4.23. The smallest absolute Gasteiger partial charge is 0.257 e. The first-order chi connectivity index (χ1) is 8.24. The maximum absolute atomic E-state index is 12.2. The van der Waals surface area contributed by atoms with Crippen LogP contribution in [0.15, 0.2) is 16.7 Å². The predicted octanol–water partition coefficient (Wildman–Crippen LogP) is 2.08. The van der Waals surface area contributed by atoms with E-state index < -0.39 is 0 Å². The minimum atomic E-state index is -0.0434. The van der Waals surface area contributed by atoms with Gasteiger partial charge in [-0.2, -0.15) is 0 Å². The molecule has 17 heavy (non-hydrogen) atoms. The third-order valence-electron chi connectivity index (χ3n) is 2.74. The van der Waals surface area contributed by atoms with Crippen molar-refractivity contribution < 1.29 is 14.3 Å². The van der Waals surface area contributed by atoms with Gasteiger partial charge in [-0.25, -0.2) is 0 Å². The molecule has 0 spiro atoms. The fraction of sp³-hybridized carbons (Fsp3) is 0.615. The van der Waals surface area contributed by atoms with Gasteiger partial charge in [-0.05, 0) is 12.5 Å². The quantitative estimate of drug-likeness (QED) is 0.792. The van der Waals surface area contributed by atoms with Crippen molar-refractivity contribution in [2.45, 2.75) is 33.1 Å². The van der Waals surface area contributed by atoms with Gasteiger partial charge in [0, 0.05) is 19.5 Å². The van der Waals surface area contributed by atoms with Crippen LogP contribution in [0.3, 0.4) is 0 Å². The largest absolute Gasteiger partial charge is 0.469 e. The first-order valence-corrected chi connectivity index (χ1v) is 6.21. The van der Waals surface area contributed by atoms with Crippen LogP contribution in [0.25, 0.3) is 0 Å². The van der Waals surface area contributed by atoms with Gasteiger partial charge in [-0.1, -0.05) is 20.3 Å². The van der Waals surface area contributed by atoms with Crippen molar-refractivity contribution in [1.29, 1.82) is 0 Å². The van der Waals surface area contributed by atoms with E-state index in [1.54, 1.807) is 17.2 Å². The maximum atomic E-state index is 12.2. The minimum absolute atomic E-state index is 0.00519. The third-order valence-corrected chi connectivity index (χ3v) is 2.74. The van der Waals surface area contributed by atoms with Gasteiger partial charge in [-0.15, -0.1) is 0 Å². The number of aryl methyl sites for hydroxylation is 1. The number of rotatable bonds is 7. The molecule has 4 nitrogen and oxygen atoms in total. The summed E-state index contributed by atoms with van der Waals surface area (Å²) in [7, 11) is 0. The molecule has 1 N–H and O–H groups in total. The summed E-state index contributed by atoms with van der Waals surface area (Å²) < 4.78 is 5.26. The number of nitrogens with zero attached hydrogens (tertiary/aromatic N) is 1. The number of hydrogen-bond donors (Lipinski definition) is 1. The van der Waals surface area contributed by atoms with Crippen LogP contribution in [-0.4, -0.2) is 35.6 Å². The van der Waals surface area contributed by atoms with Crippen LogP contribution in [0.5, 0.6) is 0 Å². The van der Waals surface area contributed by atoms with Crippen molar-refractivity contribution in [3.8, 4) is 0 Å². The Hall–Kier alpha value is -1.29. The summed E-state index contributed by atoms with van der Waals surface area (Å²) in [6, 6.07) is 1.71. The molecule has 0 saturated carbocycles. The molecule has 0 radical (unpaired) electrons. The van der Waals surface area contributed by atoms with Crippen molar-refractivity contribution in [1.82, 2.24) is 4.90 Å². The van der Waals surface area contributed by atoms with E-state index in [9.17, 15) is 4.79 Å². The fourth-order valence-corrected chi connectivity index (χ4v) is 1.76. The Kier molecular flexibility index (Phi) is 5.77. The van der Waals surface area contributed by atoms with Gasteiger partial charge in [0.1, 0.15) is 5.76 Å². The van der Waals surface area contributed by atoms with Gasteiger partial charge in [0.25, 0.3) is 5.91 Å². The van der Waals surface area contributed by atoms with Crippen LogP contribution in [0.4, 0.5) is 0 Å². The molecular formula is C13H21NO3. The highest BCUT2D eigenvalue weighted by atomic mass is 16.3. The Morgan fingerprint density at radius 2 is 2.18 bits per heavy atom. The Labute approximate surface area is 102 Å². The van der Waals surface area contributed by atoms with Gasteiger partial charge in [0.15, 0.2) is 0 Å². The topological polar surface area (TPSA) is 53.7 Å². The monoisotopic (exact) mass is 239 g/mol. The van der Waals surface area contributed by atoms with Crippen LogP contribution in [-0.2, 0) is 6.42 Å². The van der Waals surface area contributed by atoms with Gasteiger partial charge in [-0.3, -0.25) is 4.79 Å². The van der Waals surface area contributed by atoms with Crippen molar-refractivity contribution >= 4 is 5.91 Å². The molecule has 0 saturated heterocycles. The molecule has 0 aromatic carbocycles. The summed E-state index contributed by atoms with van der Waals surface area (Å²) in [5, 5.41) is 8.99. The molecule has 1 heterocycles. The fourth-order valence-electron chi connectivity index (χ4n) is 1.76. The van der Waals surface area contributed by atoms with Crippen molar-refractivity contribution in [2.24, 2.45) is 0 Å². The lowest BCUT2D eigenvalue weighted by Gasteiger charge is -2.21. The van der Waals surface area contributed by atoms with Crippen LogP contribution < -0.4 is 0 Å². The van der Waals surface area contributed by atoms with Crippen LogP contribution >= 0.6 is 0 Å². The van der Waals surface area contributed by atoms with E-state index in [2.05, 4.69) is 6.92 Å². The summed E-state index contributed by atoms with van der Waals surface area (Å²) >= 11 is 0. The Morgan fingerprint density at radius 3 is 2.76 bits per heavy atom. The normalized spacial score (nSPS) is 10.5. The molecular weight excluding hydrogens is 218 g/mol. The average molecular weight is 239 g/mol. The Balaban J connectivity index is 2.76. The van der Waals surface area contributed by atoms with E-state index in [1.165, 1.54) is 0 Å². The number of aliphatic hydroxyl groups excluding tert-OH is 1. The molecule has 0 atom stereocenters. The molecule has 1 rings (SSSR count). The number of amides is 1. The number of hydrogen-bond acceptors (Lipinski definition) is 3. The van der Waals surface area contributed by atoms with Crippen molar-refractivity contribution in [3.63, 3.8) is 0 Å². The lowest BCUT2D eigenvalue weighted by molar-refractivity contribution is 0.0717. The second-order valence-corrected chi connectivity index (χ2v) is 3.98. The summed E-state index contributed by atoms with van der Waals surface area (Å²) in [4.78, 5) is 13.9. The average Bonchev–Trinajstić information content (AvgIpc) is 2.81. The van der Waals surface area contributed by atoms with E-state index in [0.717, 1.165) is 18.6 Å². The van der Waals surface area contributed by atoms with E-state index >= 15 is 0 Å². The highest BCUT2D eigenvalue weighted by Crippen LogP contribution is 2.14. The van der Waals surface area contributed by atoms with E-state index in [0.29, 0.717) is 25.1 Å². The van der Waals surface area contributed by atoms with Crippen molar-refractivity contribution in [3.05, 3.63) is 23.7 Å². The molecule has 1 aromatic heterocycles. The zero-order valence-corrected chi connectivity index (χ0v) is 10.6. The highest BCUT2D eigenvalue weighted by molar-refractivity contribution is 5.95. The number of carbonyl (C=O) groups is 1. The van der Waals surface area contributed by atoms with E-state index in [1.807, 2.05) is 6.92 Å². The molecule has 0 bridgehead atoms. The van der Waals surface area contributed by atoms with Gasteiger partial charge < -0.3 is 14.4 Å². The summed E-state index contributed by atoms with van der Waals surface area (Å²) in [5.74, 6) is 0.674. The molecule has 4 heteroatoms. The molecule has 0 aliphatic rings. The SMILES string of the molecule is CCCCN(CCO)C(=O)c1ccoc1CC. The minimum Gasteiger partial charge on any atom is -0.469 e. The zero-order valence-electron chi connectivity index (χ0n) is 10.6. The molecule has 0 aliphatic heterocycles. The van der Waals surface area contributed by atoms with Gasteiger partial charge in [0.05, 0.1) is 18.4 Å². The lowest BCUT2D eigenvalue weighted by atomic mass is 10.2. The first kappa shape index (κ1) is 13.8. The lowest BCUT2D eigenvalue weighted by Crippen LogP contribution is -2.34. The molecule has 1 amide bonds. The summed E-state index contributed by atoms with van der Waals surface area (Å²) in [5.41, 5.74) is 0.622. The number of unbranched alkanes of at least 4 members (excludes halogenated alkanes) is 1. The van der Waals surface area contributed by atoms with Gasteiger partial charge in [0.2, 0.25) is 0 Å². The van der Waals surface area contributed by atoms with Crippen LogP contribution in [0.1, 0.15) is 42.8 Å². The van der Waals surface area contributed by atoms with E-state index in [-0.39, 0.29) is 12.5 Å². The molecule has 1 aromatic rings. The summed E-state index contributed by atoms with van der Waals surface area (Å²) in [6.45, 7) is 5.10. The number of aliphatic hydroxyl groups is 1. The van der Waals surface area contributed by atoms with E-state index in [4.69, 9.17) is 9.52 Å². The zero-order chi connectivity index (χ0) is 12.7. The number of carbonyl (C=O) groups excluding carboxylic acids is 1. The second-order valence-electron chi connectivity index (χ2n) is 3.98. The predicted molar refractivity (Wildman–Crippen MR) is 66.0 cm³/mol. The maximum Gasteiger partial charge on any atom is 0.257 e. The molecule has 0 aliphatic carbocycles. The van der Waals surface area contributed by atoms with Crippen LogP contribution in [0.2, 0.25) is 0 Å². The van der Waals surface area contributed by atoms with Crippen LogP contribution in [0, 0.1) is 0 Å². The Morgan fingerprint density at radius 1 is 1.41 bits per heavy atom. The second kappa shape index (κ2) is 7.12. The molecule has 96 valence electrons. The first-order valence-electron chi connectivity index (χ1n) is 6.21. The van der Waals surface area contributed by atoms with Gasteiger partial charge >= 0.3 is 0 Å². The Bertz CT molecular complexity index is 346.